The van der Waals surface area contributed by atoms with Crippen molar-refractivity contribution in [1.29, 1.82) is 0 Å². The number of amides is 3. The monoisotopic (exact) mass is 364 g/mol. The maximum atomic E-state index is 12.8. The molecular weight excluding hydrogens is 332 g/mol. The molecule has 0 bridgehead atoms. The van der Waals surface area contributed by atoms with Gasteiger partial charge in [-0.3, -0.25) is 4.79 Å². The highest BCUT2D eigenvalue weighted by Gasteiger charge is 2.41. The quantitative estimate of drug-likeness (QED) is 0.769. The number of urea groups is 1. The molecule has 1 aliphatic carbocycles. The molecule has 26 heavy (non-hydrogen) atoms. The van der Waals surface area contributed by atoms with Crippen molar-refractivity contribution in [2.24, 2.45) is 0 Å². The standard InChI is InChI=1S/C19H32N4O3/c24-17-13-20-8-10-23(17)16-4-3-9-22(14-16)18(25)21-15-5-11-26-19(12-15)6-1-2-7-19/h15-16,20H,1-14H2,(H,21,25). The number of rotatable bonds is 2. The van der Waals surface area contributed by atoms with E-state index in [1.54, 1.807) is 0 Å². The molecule has 7 nitrogen and oxygen atoms in total. The average molecular weight is 364 g/mol. The van der Waals surface area contributed by atoms with Crippen LogP contribution < -0.4 is 10.6 Å². The van der Waals surface area contributed by atoms with Crippen molar-refractivity contribution in [3.8, 4) is 0 Å². The fraction of sp³-hybridized carbons (Fsp3) is 0.895. The summed E-state index contributed by atoms with van der Waals surface area (Å²) in [5.41, 5.74) is 0.0217. The summed E-state index contributed by atoms with van der Waals surface area (Å²) >= 11 is 0. The molecule has 4 rings (SSSR count). The SMILES string of the molecule is O=C(NC1CCOC2(CCCC2)C1)N1CCCC(N2CCNCC2=O)C1. The first-order valence-corrected chi connectivity index (χ1v) is 10.3. The molecule has 0 aromatic rings. The van der Waals surface area contributed by atoms with E-state index in [9.17, 15) is 9.59 Å². The highest BCUT2D eigenvalue weighted by atomic mass is 16.5. The summed E-state index contributed by atoms with van der Waals surface area (Å²) < 4.78 is 6.08. The minimum Gasteiger partial charge on any atom is -0.375 e. The van der Waals surface area contributed by atoms with Gasteiger partial charge in [-0.15, -0.1) is 0 Å². The van der Waals surface area contributed by atoms with Crippen molar-refractivity contribution in [1.82, 2.24) is 20.4 Å². The van der Waals surface area contributed by atoms with Crippen molar-refractivity contribution in [2.45, 2.75) is 69.1 Å². The molecule has 2 unspecified atom stereocenters. The maximum absolute atomic E-state index is 12.8. The van der Waals surface area contributed by atoms with E-state index < -0.39 is 0 Å². The first kappa shape index (κ1) is 18.0. The Balaban J connectivity index is 1.32. The molecule has 4 aliphatic rings. The van der Waals surface area contributed by atoms with Gasteiger partial charge < -0.3 is 25.2 Å². The molecule has 3 saturated heterocycles. The van der Waals surface area contributed by atoms with E-state index in [1.807, 2.05) is 9.80 Å². The van der Waals surface area contributed by atoms with Gasteiger partial charge in [-0.1, -0.05) is 12.8 Å². The number of hydrogen-bond acceptors (Lipinski definition) is 4. The van der Waals surface area contributed by atoms with Gasteiger partial charge in [0.05, 0.1) is 12.1 Å². The van der Waals surface area contributed by atoms with Crippen LogP contribution in [0.25, 0.3) is 0 Å². The van der Waals surface area contributed by atoms with Crippen LogP contribution in [0.4, 0.5) is 4.79 Å². The van der Waals surface area contributed by atoms with Crippen LogP contribution in [0.1, 0.15) is 51.4 Å². The van der Waals surface area contributed by atoms with Crippen molar-refractivity contribution >= 4 is 11.9 Å². The number of carbonyl (C=O) groups is 2. The topological polar surface area (TPSA) is 73.9 Å². The Morgan fingerprint density at radius 3 is 2.85 bits per heavy atom. The normalized spacial score (nSPS) is 32.1. The second kappa shape index (κ2) is 7.72. The molecule has 146 valence electrons. The molecule has 4 fully saturated rings. The number of nitrogens with zero attached hydrogens (tertiary/aromatic N) is 2. The highest BCUT2D eigenvalue weighted by molar-refractivity contribution is 5.79. The van der Waals surface area contributed by atoms with Gasteiger partial charge in [-0.25, -0.2) is 4.79 Å². The van der Waals surface area contributed by atoms with Crippen LogP contribution in [0.15, 0.2) is 0 Å². The fourth-order valence-electron chi connectivity index (χ4n) is 5.19. The van der Waals surface area contributed by atoms with Gasteiger partial charge in [0.1, 0.15) is 0 Å². The Kier molecular flexibility index (Phi) is 5.36. The van der Waals surface area contributed by atoms with Gasteiger partial charge in [0, 0.05) is 44.9 Å². The Bertz CT molecular complexity index is 535. The summed E-state index contributed by atoms with van der Waals surface area (Å²) in [6.07, 6.45) is 8.57. The van der Waals surface area contributed by atoms with Gasteiger partial charge in [-0.05, 0) is 38.5 Å². The van der Waals surface area contributed by atoms with Gasteiger partial charge in [-0.2, -0.15) is 0 Å². The zero-order valence-electron chi connectivity index (χ0n) is 15.7. The number of piperazine rings is 1. The third-order valence-corrected chi connectivity index (χ3v) is 6.59. The average Bonchev–Trinajstić information content (AvgIpc) is 3.10. The van der Waals surface area contributed by atoms with Gasteiger partial charge in [0.15, 0.2) is 0 Å². The van der Waals surface area contributed by atoms with E-state index in [0.29, 0.717) is 13.1 Å². The number of nitrogens with one attached hydrogen (secondary N) is 2. The van der Waals surface area contributed by atoms with Crippen LogP contribution in [0.2, 0.25) is 0 Å². The van der Waals surface area contributed by atoms with Crippen molar-refractivity contribution in [3.63, 3.8) is 0 Å². The lowest BCUT2D eigenvalue weighted by atomic mass is 9.89. The molecule has 2 atom stereocenters. The number of ether oxygens (including phenoxy) is 1. The number of carbonyl (C=O) groups excluding carboxylic acids is 2. The molecule has 0 aromatic carbocycles. The Labute approximate surface area is 155 Å². The predicted molar refractivity (Wildman–Crippen MR) is 97.9 cm³/mol. The zero-order chi connectivity index (χ0) is 18.0. The van der Waals surface area contributed by atoms with E-state index in [2.05, 4.69) is 10.6 Å². The molecule has 7 heteroatoms. The van der Waals surface area contributed by atoms with E-state index in [1.165, 1.54) is 12.8 Å². The number of hydrogen-bond donors (Lipinski definition) is 2. The summed E-state index contributed by atoms with van der Waals surface area (Å²) in [6, 6.07) is 0.424. The molecule has 1 spiro atoms. The van der Waals surface area contributed by atoms with Crippen molar-refractivity contribution in [2.75, 3.05) is 39.3 Å². The van der Waals surface area contributed by atoms with E-state index in [0.717, 1.165) is 64.8 Å². The summed E-state index contributed by atoms with van der Waals surface area (Å²) in [5, 5.41) is 6.39. The summed E-state index contributed by atoms with van der Waals surface area (Å²) in [6.45, 7) is 4.22. The minimum atomic E-state index is 0.0217. The lowest BCUT2D eigenvalue weighted by Crippen LogP contribution is -2.59. The van der Waals surface area contributed by atoms with Crippen LogP contribution in [-0.2, 0) is 9.53 Å². The second-order valence-electron chi connectivity index (χ2n) is 8.38. The van der Waals surface area contributed by atoms with Gasteiger partial charge >= 0.3 is 6.03 Å². The third-order valence-electron chi connectivity index (χ3n) is 6.59. The Morgan fingerprint density at radius 2 is 2.04 bits per heavy atom. The predicted octanol–water partition coefficient (Wildman–Crippen LogP) is 1.08. The molecule has 0 aromatic heterocycles. The second-order valence-corrected chi connectivity index (χ2v) is 8.38. The van der Waals surface area contributed by atoms with Crippen LogP contribution >= 0.6 is 0 Å². The molecule has 3 amide bonds. The summed E-state index contributed by atoms with van der Waals surface area (Å²) in [7, 11) is 0. The summed E-state index contributed by atoms with van der Waals surface area (Å²) in [4.78, 5) is 28.9. The Morgan fingerprint density at radius 1 is 1.19 bits per heavy atom. The van der Waals surface area contributed by atoms with Crippen molar-refractivity contribution in [3.05, 3.63) is 0 Å². The number of piperidine rings is 1. The minimum absolute atomic E-state index is 0.0217. The number of likely N-dealkylation sites (tertiary alicyclic amines) is 1. The first-order chi connectivity index (χ1) is 12.7. The molecule has 2 N–H and O–H groups in total. The first-order valence-electron chi connectivity index (χ1n) is 10.3. The van der Waals surface area contributed by atoms with Gasteiger partial charge in [0.25, 0.3) is 0 Å². The molecule has 0 radical (unpaired) electrons. The fourth-order valence-corrected chi connectivity index (χ4v) is 5.19. The van der Waals surface area contributed by atoms with Crippen LogP contribution in [-0.4, -0.2) is 78.8 Å². The van der Waals surface area contributed by atoms with Crippen molar-refractivity contribution < 1.29 is 14.3 Å². The lowest BCUT2D eigenvalue weighted by Gasteiger charge is -2.42. The largest absolute Gasteiger partial charge is 0.375 e. The van der Waals surface area contributed by atoms with Crippen LogP contribution in [0, 0.1) is 0 Å². The highest BCUT2D eigenvalue weighted by Crippen LogP contribution is 2.40. The van der Waals surface area contributed by atoms with E-state index in [-0.39, 0.29) is 29.6 Å². The van der Waals surface area contributed by atoms with Crippen LogP contribution in [0.3, 0.4) is 0 Å². The smallest absolute Gasteiger partial charge is 0.317 e. The molecule has 3 aliphatic heterocycles. The van der Waals surface area contributed by atoms with E-state index in [4.69, 9.17) is 4.74 Å². The zero-order valence-corrected chi connectivity index (χ0v) is 15.7. The van der Waals surface area contributed by atoms with Gasteiger partial charge in [0.2, 0.25) is 5.91 Å². The Hall–Kier alpha value is -1.34. The van der Waals surface area contributed by atoms with E-state index >= 15 is 0 Å². The molecule has 3 heterocycles. The van der Waals surface area contributed by atoms with Crippen LogP contribution in [0.5, 0.6) is 0 Å². The molecular formula is C19H32N4O3. The third kappa shape index (κ3) is 3.83. The summed E-state index contributed by atoms with van der Waals surface area (Å²) in [5.74, 6) is 0.163. The molecule has 1 saturated carbocycles. The maximum Gasteiger partial charge on any atom is 0.317 e. The lowest BCUT2D eigenvalue weighted by molar-refractivity contribution is -0.135.